The van der Waals surface area contributed by atoms with Crippen LogP contribution in [0, 0.1) is 5.82 Å². The molecule has 4 nitrogen and oxygen atoms in total. The number of hydrogen-bond donors (Lipinski definition) is 1. The lowest BCUT2D eigenvalue weighted by Gasteiger charge is -2.27. The van der Waals surface area contributed by atoms with Crippen molar-refractivity contribution in [3.63, 3.8) is 0 Å². The predicted molar refractivity (Wildman–Crippen MR) is 104 cm³/mol. The SMILES string of the molecule is COc1ccc(CC(=O)NCc2ccccc2CN2CCCCC2)cc1F. The molecule has 0 radical (unpaired) electrons. The van der Waals surface area contributed by atoms with Crippen molar-refractivity contribution in [1.29, 1.82) is 0 Å². The molecule has 2 aromatic carbocycles. The molecule has 0 aliphatic carbocycles. The number of methoxy groups -OCH3 is 1. The molecule has 3 rings (SSSR count). The molecule has 0 bridgehead atoms. The summed E-state index contributed by atoms with van der Waals surface area (Å²) in [4.78, 5) is 14.8. The van der Waals surface area contributed by atoms with Crippen LogP contribution in [-0.2, 0) is 24.3 Å². The van der Waals surface area contributed by atoms with E-state index in [0.29, 0.717) is 12.1 Å². The zero-order chi connectivity index (χ0) is 19.1. The molecule has 144 valence electrons. The van der Waals surface area contributed by atoms with Gasteiger partial charge in [-0.25, -0.2) is 4.39 Å². The van der Waals surface area contributed by atoms with Gasteiger partial charge in [0.15, 0.2) is 11.6 Å². The maximum Gasteiger partial charge on any atom is 0.224 e. The number of hydrogen-bond acceptors (Lipinski definition) is 3. The average Bonchev–Trinajstić information content (AvgIpc) is 2.68. The molecule has 5 heteroatoms. The Bertz CT molecular complexity index is 773. The first-order chi connectivity index (χ1) is 13.2. The monoisotopic (exact) mass is 370 g/mol. The van der Waals surface area contributed by atoms with Crippen molar-refractivity contribution in [3.05, 3.63) is 65.0 Å². The molecule has 27 heavy (non-hydrogen) atoms. The number of carbonyl (C=O) groups is 1. The molecule has 0 unspecified atom stereocenters. The molecule has 1 aliphatic rings. The smallest absolute Gasteiger partial charge is 0.224 e. The quantitative estimate of drug-likeness (QED) is 0.808. The van der Waals surface area contributed by atoms with E-state index in [0.717, 1.165) is 25.2 Å². The Morgan fingerprint density at radius 2 is 1.85 bits per heavy atom. The number of likely N-dealkylation sites (tertiary alicyclic amines) is 1. The Morgan fingerprint density at radius 3 is 2.56 bits per heavy atom. The number of ether oxygens (including phenoxy) is 1. The summed E-state index contributed by atoms with van der Waals surface area (Å²) in [6.07, 6.45) is 3.99. The normalized spacial score (nSPS) is 14.7. The fourth-order valence-corrected chi connectivity index (χ4v) is 3.50. The van der Waals surface area contributed by atoms with Crippen LogP contribution in [0.5, 0.6) is 5.75 Å². The van der Waals surface area contributed by atoms with E-state index in [4.69, 9.17) is 4.74 Å². The molecule has 1 amide bonds. The zero-order valence-corrected chi connectivity index (χ0v) is 15.8. The van der Waals surface area contributed by atoms with Crippen molar-refractivity contribution in [3.8, 4) is 5.75 Å². The van der Waals surface area contributed by atoms with Gasteiger partial charge in [-0.2, -0.15) is 0 Å². The van der Waals surface area contributed by atoms with Crippen LogP contribution in [0.3, 0.4) is 0 Å². The highest BCUT2D eigenvalue weighted by Gasteiger charge is 2.13. The number of amides is 1. The van der Waals surface area contributed by atoms with E-state index in [1.165, 1.54) is 38.0 Å². The largest absolute Gasteiger partial charge is 0.494 e. The van der Waals surface area contributed by atoms with Gasteiger partial charge in [-0.3, -0.25) is 9.69 Å². The number of halogens is 1. The Kier molecular flexibility index (Phi) is 6.82. The first-order valence-electron chi connectivity index (χ1n) is 9.54. The van der Waals surface area contributed by atoms with Crippen molar-refractivity contribution >= 4 is 5.91 Å². The van der Waals surface area contributed by atoms with Crippen molar-refractivity contribution in [2.75, 3.05) is 20.2 Å². The lowest BCUT2D eigenvalue weighted by molar-refractivity contribution is -0.120. The lowest BCUT2D eigenvalue weighted by Crippen LogP contribution is -2.30. The Balaban J connectivity index is 1.56. The second-order valence-corrected chi connectivity index (χ2v) is 7.03. The summed E-state index contributed by atoms with van der Waals surface area (Å²) in [6, 6.07) is 12.9. The van der Waals surface area contributed by atoms with E-state index in [-0.39, 0.29) is 18.1 Å². The molecule has 1 heterocycles. The summed E-state index contributed by atoms with van der Waals surface area (Å²) in [6.45, 7) is 3.70. The third-order valence-corrected chi connectivity index (χ3v) is 5.02. The number of piperidine rings is 1. The highest BCUT2D eigenvalue weighted by molar-refractivity contribution is 5.78. The summed E-state index contributed by atoms with van der Waals surface area (Å²) < 4.78 is 18.7. The van der Waals surface area contributed by atoms with Crippen LogP contribution in [0.25, 0.3) is 0 Å². The zero-order valence-electron chi connectivity index (χ0n) is 15.8. The van der Waals surface area contributed by atoms with E-state index in [1.54, 1.807) is 12.1 Å². The number of rotatable bonds is 7. The van der Waals surface area contributed by atoms with Crippen LogP contribution < -0.4 is 10.1 Å². The van der Waals surface area contributed by atoms with E-state index in [2.05, 4.69) is 22.3 Å². The lowest BCUT2D eigenvalue weighted by atomic mass is 10.0. The fourth-order valence-electron chi connectivity index (χ4n) is 3.50. The van der Waals surface area contributed by atoms with Gasteiger partial charge in [0.1, 0.15) is 0 Å². The van der Waals surface area contributed by atoms with Gasteiger partial charge in [-0.15, -0.1) is 0 Å². The van der Waals surface area contributed by atoms with Gasteiger partial charge in [-0.05, 0) is 54.8 Å². The van der Waals surface area contributed by atoms with Gasteiger partial charge < -0.3 is 10.1 Å². The van der Waals surface area contributed by atoms with Crippen LogP contribution in [-0.4, -0.2) is 31.0 Å². The Morgan fingerprint density at radius 1 is 1.11 bits per heavy atom. The van der Waals surface area contributed by atoms with Gasteiger partial charge in [0.05, 0.1) is 13.5 Å². The van der Waals surface area contributed by atoms with Gasteiger partial charge in [-0.1, -0.05) is 36.8 Å². The molecular formula is C22H27FN2O2. The fraction of sp³-hybridized carbons (Fsp3) is 0.409. The third-order valence-electron chi connectivity index (χ3n) is 5.02. The Hall–Kier alpha value is -2.40. The van der Waals surface area contributed by atoms with Crippen LogP contribution >= 0.6 is 0 Å². The Labute approximate surface area is 160 Å². The van der Waals surface area contributed by atoms with Gasteiger partial charge >= 0.3 is 0 Å². The number of nitrogens with zero attached hydrogens (tertiary/aromatic N) is 1. The highest BCUT2D eigenvalue weighted by atomic mass is 19.1. The molecule has 0 saturated carbocycles. The summed E-state index contributed by atoms with van der Waals surface area (Å²) in [5.41, 5.74) is 3.03. The summed E-state index contributed by atoms with van der Waals surface area (Å²) in [7, 11) is 1.42. The second-order valence-electron chi connectivity index (χ2n) is 7.03. The van der Waals surface area contributed by atoms with E-state index in [1.807, 2.05) is 12.1 Å². The van der Waals surface area contributed by atoms with E-state index < -0.39 is 5.82 Å². The maximum atomic E-state index is 13.8. The van der Waals surface area contributed by atoms with Gasteiger partial charge in [0, 0.05) is 13.1 Å². The molecule has 0 aromatic heterocycles. The van der Waals surface area contributed by atoms with Crippen molar-refractivity contribution in [2.24, 2.45) is 0 Å². The minimum Gasteiger partial charge on any atom is -0.494 e. The molecule has 1 saturated heterocycles. The summed E-state index contributed by atoms with van der Waals surface area (Å²) >= 11 is 0. The summed E-state index contributed by atoms with van der Waals surface area (Å²) in [5, 5.41) is 2.96. The standard InChI is InChI=1S/C22H27FN2O2/c1-27-21-10-9-17(13-20(21)23)14-22(26)24-15-18-7-3-4-8-19(18)16-25-11-5-2-6-12-25/h3-4,7-10,13H,2,5-6,11-12,14-16H2,1H3,(H,24,26). The van der Waals surface area contributed by atoms with Crippen molar-refractivity contribution < 1.29 is 13.9 Å². The molecule has 1 N–H and O–H groups in total. The van der Waals surface area contributed by atoms with E-state index in [9.17, 15) is 9.18 Å². The van der Waals surface area contributed by atoms with Crippen molar-refractivity contribution in [1.82, 2.24) is 10.2 Å². The van der Waals surface area contributed by atoms with Gasteiger partial charge in [0.25, 0.3) is 0 Å². The molecule has 1 aliphatic heterocycles. The van der Waals surface area contributed by atoms with Crippen LogP contribution in [0.1, 0.15) is 36.0 Å². The predicted octanol–water partition coefficient (Wildman–Crippen LogP) is 3.68. The minimum atomic E-state index is -0.449. The first kappa shape index (κ1) is 19.4. The molecule has 2 aromatic rings. The van der Waals surface area contributed by atoms with Gasteiger partial charge in [0.2, 0.25) is 5.91 Å². The van der Waals surface area contributed by atoms with Crippen LogP contribution in [0.4, 0.5) is 4.39 Å². The minimum absolute atomic E-state index is 0.118. The topological polar surface area (TPSA) is 41.6 Å². The second kappa shape index (κ2) is 9.51. The van der Waals surface area contributed by atoms with Crippen molar-refractivity contribution in [2.45, 2.75) is 38.8 Å². The number of benzene rings is 2. The molecule has 0 atom stereocenters. The number of nitrogens with one attached hydrogen (secondary N) is 1. The highest BCUT2D eigenvalue weighted by Crippen LogP contribution is 2.18. The average molecular weight is 370 g/mol. The molecular weight excluding hydrogens is 343 g/mol. The van der Waals surface area contributed by atoms with Crippen LogP contribution in [0.15, 0.2) is 42.5 Å². The third kappa shape index (κ3) is 5.54. The molecule has 1 fully saturated rings. The van der Waals surface area contributed by atoms with Crippen LogP contribution in [0.2, 0.25) is 0 Å². The number of carbonyl (C=O) groups excluding carboxylic acids is 1. The maximum absolute atomic E-state index is 13.8. The summed E-state index contributed by atoms with van der Waals surface area (Å²) in [5.74, 6) is -0.382. The first-order valence-corrected chi connectivity index (χ1v) is 9.54. The molecule has 0 spiro atoms. The van der Waals surface area contributed by atoms with E-state index >= 15 is 0 Å².